The monoisotopic (exact) mass is 298 g/mol. The molecule has 2 saturated carbocycles. The number of ether oxygens (including phenoxy) is 1. The van der Waals surface area contributed by atoms with Crippen LogP contribution in [0.1, 0.15) is 25.3 Å². The first-order valence-electron chi connectivity index (χ1n) is 7.25. The van der Waals surface area contributed by atoms with Gasteiger partial charge < -0.3 is 4.74 Å². The Labute approximate surface area is 121 Å². The Hall–Kier alpha value is -1.30. The highest BCUT2D eigenvalue weighted by Gasteiger charge is 2.76. The third-order valence-electron chi connectivity index (χ3n) is 5.70. The molecular formula is C15H17F3N2O. The van der Waals surface area contributed by atoms with E-state index in [1.807, 2.05) is 0 Å². The van der Waals surface area contributed by atoms with Crippen LogP contribution in [0.5, 0.6) is 5.88 Å². The van der Waals surface area contributed by atoms with E-state index in [1.165, 1.54) is 12.5 Å². The SMILES string of the molecule is CC1C2CC23CC(Oc2ccc(C(F)(F)F)cn2)C3N1C. The number of hydrogen-bond donors (Lipinski definition) is 0. The molecule has 0 N–H and O–H groups in total. The van der Waals surface area contributed by atoms with Crippen LogP contribution in [0.2, 0.25) is 0 Å². The molecule has 2 heterocycles. The van der Waals surface area contributed by atoms with E-state index < -0.39 is 11.7 Å². The molecule has 1 aromatic rings. The number of rotatable bonds is 2. The van der Waals surface area contributed by atoms with Gasteiger partial charge in [-0.1, -0.05) is 0 Å². The van der Waals surface area contributed by atoms with E-state index in [4.69, 9.17) is 4.74 Å². The molecule has 21 heavy (non-hydrogen) atoms. The van der Waals surface area contributed by atoms with Gasteiger partial charge >= 0.3 is 6.18 Å². The van der Waals surface area contributed by atoms with Gasteiger partial charge in [0.25, 0.3) is 0 Å². The highest BCUT2D eigenvalue weighted by molar-refractivity contribution is 5.29. The lowest BCUT2D eigenvalue weighted by Crippen LogP contribution is -2.57. The topological polar surface area (TPSA) is 25.4 Å². The van der Waals surface area contributed by atoms with Crippen LogP contribution in [0.25, 0.3) is 0 Å². The average Bonchev–Trinajstić information content (AvgIpc) is 3.10. The number of piperidine rings is 1. The van der Waals surface area contributed by atoms with Gasteiger partial charge in [-0.15, -0.1) is 0 Å². The second-order valence-corrected chi connectivity index (χ2v) is 6.64. The zero-order valence-electron chi connectivity index (χ0n) is 11.9. The minimum absolute atomic E-state index is 0.0502. The number of nitrogens with zero attached hydrogens (tertiary/aromatic N) is 2. The standard InChI is InChI=1S/C15H17F3N2O/c1-8-10-5-14(10)6-11(13(14)20(8)2)21-12-4-3-9(7-19-12)15(16,17)18/h3-4,7-8,10-11,13H,5-6H2,1-2H3. The molecule has 2 aliphatic carbocycles. The van der Waals surface area contributed by atoms with Gasteiger partial charge in [0, 0.05) is 18.3 Å². The Morgan fingerprint density at radius 2 is 2.10 bits per heavy atom. The first kappa shape index (κ1) is 13.4. The third kappa shape index (κ3) is 1.74. The number of likely N-dealkylation sites (tertiary alicyclic amines) is 1. The van der Waals surface area contributed by atoms with Crippen LogP contribution in [0.3, 0.4) is 0 Å². The van der Waals surface area contributed by atoms with Crippen LogP contribution < -0.4 is 4.74 Å². The molecular weight excluding hydrogens is 281 g/mol. The molecule has 1 aliphatic heterocycles. The number of aromatic nitrogens is 1. The van der Waals surface area contributed by atoms with E-state index in [1.54, 1.807) is 0 Å². The van der Waals surface area contributed by atoms with E-state index >= 15 is 0 Å². The van der Waals surface area contributed by atoms with Crippen LogP contribution in [0, 0.1) is 11.3 Å². The average molecular weight is 298 g/mol. The van der Waals surface area contributed by atoms with Gasteiger partial charge in [0.1, 0.15) is 6.10 Å². The summed E-state index contributed by atoms with van der Waals surface area (Å²) in [5, 5.41) is 0. The molecule has 5 unspecified atom stereocenters. The molecule has 5 atom stereocenters. The van der Waals surface area contributed by atoms with Gasteiger partial charge in [0.15, 0.2) is 0 Å². The Morgan fingerprint density at radius 1 is 1.33 bits per heavy atom. The molecule has 1 aromatic heterocycles. The van der Waals surface area contributed by atoms with Crippen molar-refractivity contribution in [3.8, 4) is 5.88 Å². The van der Waals surface area contributed by atoms with Crippen LogP contribution in [0.15, 0.2) is 18.3 Å². The lowest BCUT2D eigenvalue weighted by Gasteiger charge is -2.46. The van der Waals surface area contributed by atoms with Crippen molar-refractivity contribution in [2.75, 3.05) is 7.05 Å². The lowest BCUT2D eigenvalue weighted by molar-refractivity contribution is -0.137. The molecule has 6 heteroatoms. The highest BCUT2D eigenvalue weighted by atomic mass is 19.4. The predicted octanol–water partition coefficient (Wildman–Crippen LogP) is 2.96. The first-order valence-corrected chi connectivity index (χ1v) is 7.25. The number of halogens is 3. The number of pyridine rings is 1. The zero-order valence-corrected chi connectivity index (χ0v) is 11.9. The second-order valence-electron chi connectivity index (χ2n) is 6.64. The highest BCUT2D eigenvalue weighted by Crippen LogP contribution is 2.73. The molecule has 3 nitrogen and oxygen atoms in total. The summed E-state index contributed by atoms with van der Waals surface area (Å²) < 4.78 is 43.3. The fourth-order valence-corrected chi connectivity index (χ4v) is 4.48. The number of alkyl halides is 3. The number of likely N-dealkylation sites (N-methyl/N-ethyl adjacent to an activating group) is 1. The lowest BCUT2D eigenvalue weighted by atomic mass is 9.73. The third-order valence-corrected chi connectivity index (χ3v) is 5.70. The van der Waals surface area contributed by atoms with Gasteiger partial charge in [-0.05, 0) is 44.2 Å². The smallest absolute Gasteiger partial charge is 0.417 e. The minimum atomic E-state index is -4.35. The minimum Gasteiger partial charge on any atom is -0.473 e. The quantitative estimate of drug-likeness (QED) is 0.839. The molecule has 0 aromatic carbocycles. The molecule has 0 bridgehead atoms. The molecule has 0 amide bonds. The maximum atomic E-state index is 12.5. The molecule has 3 aliphatic rings. The summed E-state index contributed by atoms with van der Waals surface area (Å²) in [5.41, 5.74) is -0.320. The van der Waals surface area contributed by atoms with E-state index in [0.29, 0.717) is 17.5 Å². The van der Waals surface area contributed by atoms with Gasteiger partial charge in [-0.2, -0.15) is 13.2 Å². The molecule has 3 fully saturated rings. The zero-order chi connectivity index (χ0) is 15.0. The summed E-state index contributed by atoms with van der Waals surface area (Å²) in [6, 6.07) is 3.31. The summed E-state index contributed by atoms with van der Waals surface area (Å²) in [7, 11) is 2.11. The van der Waals surface area contributed by atoms with E-state index in [9.17, 15) is 13.2 Å². The predicted molar refractivity (Wildman–Crippen MR) is 69.8 cm³/mol. The largest absolute Gasteiger partial charge is 0.473 e. The van der Waals surface area contributed by atoms with Gasteiger partial charge in [-0.3, -0.25) is 4.90 Å². The molecule has 0 radical (unpaired) electrons. The van der Waals surface area contributed by atoms with Gasteiger partial charge in [0.05, 0.1) is 11.6 Å². The van der Waals surface area contributed by atoms with Crippen molar-refractivity contribution >= 4 is 0 Å². The summed E-state index contributed by atoms with van der Waals surface area (Å²) in [6.45, 7) is 2.24. The molecule has 114 valence electrons. The van der Waals surface area contributed by atoms with Crippen molar-refractivity contribution in [3.63, 3.8) is 0 Å². The molecule has 1 saturated heterocycles. The van der Waals surface area contributed by atoms with Crippen LogP contribution in [0.4, 0.5) is 13.2 Å². The Balaban J connectivity index is 1.46. The van der Waals surface area contributed by atoms with Crippen molar-refractivity contribution in [1.82, 2.24) is 9.88 Å². The summed E-state index contributed by atoms with van der Waals surface area (Å²) >= 11 is 0. The Bertz CT molecular complexity index is 573. The second kappa shape index (κ2) is 3.91. The van der Waals surface area contributed by atoms with E-state index in [0.717, 1.165) is 24.6 Å². The maximum Gasteiger partial charge on any atom is 0.417 e. The molecule has 4 rings (SSSR count). The van der Waals surface area contributed by atoms with Crippen LogP contribution in [-0.4, -0.2) is 35.1 Å². The van der Waals surface area contributed by atoms with Crippen molar-refractivity contribution in [2.24, 2.45) is 11.3 Å². The normalized spacial score (nSPS) is 41.2. The summed E-state index contributed by atoms with van der Waals surface area (Å²) in [6.07, 6.45) is -1.20. The van der Waals surface area contributed by atoms with Crippen molar-refractivity contribution in [1.29, 1.82) is 0 Å². The van der Waals surface area contributed by atoms with Gasteiger partial charge in [0.2, 0.25) is 5.88 Å². The maximum absolute atomic E-state index is 12.5. The Kier molecular flexibility index (Phi) is 2.49. The Morgan fingerprint density at radius 3 is 2.67 bits per heavy atom. The van der Waals surface area contributed by atoms with E-state index in [2.05, 4.69) is 23.9 Å². The summed E-state index contributed by atoms with van der Waals surface area (Å²) in [5.74, 6) is 1.06. The number of hydrogen-bond acceptors (Lipinski definition) is 3. The first-order chi connectivity index (χ1) is 9.83. The van der Waals surface area contributed by atoms with Crippen LogP contribution >= 0.6 is 0 Å². The van der Waals surface area contributed by atoms with Crippen molar-refractivity contribution in [2.45, 2.75) is 44.1 Å². The fourth-order valence-electron chi connectivity index (χ4n) is 4.48. The fraction of sp³-hybridized carbons (Fsp3) is 0.667. The van der Waals surface area contributed by atoms with Crippen molar-refractivity contribution in [3.05, 3.63) is 23.9 Å². The summed E-state index contributed by atoms with van der Waals surface area (Å²) in [4.78, 5) is 6.15. The van der Waals surface area contributed by atoms with Gasteiger partial charge in [-0.25, -0.2) is 4.98 Å². The molecule has 1 spiro atoms. The van der Waals surface area contributed by atoms with Crippen molar-refractivity contribution < 1.29 is 17.9 Å². The van der Waals surface area contributed by atoms with Crippen LogP contribution in [-0.2, 0) is 6.18 Å². The van der Waals surface area contributed by atoms with E-state index in [-0.39, 0.29) is 12.0 Å².